The number of carbonyl (C=O) groups excluding carboxylic acids is 2. The summed E-state index contributed by atoms with van der Waals surface area (Å²) in [5, 5.41) is -0.433. The van der Waals surface area contributed by atoms with E-state index in [9.17, 15) is 18.4 Å². The van der Waals surface area contributed by atoms with Gasteiger partial charge >= 0.3 is 5.97 Å². The molecule has 35 heavy (non-hydrogen) atoms. The lowest BCUT2D eigenvalue weighted by atomic mass is 9.72. The number of carbonyl (C=O) groups is 2. The lowest BCUT2D eigenvalue weighted by Crippen LogP contribution is -2.51. The standard InChI is InChI=1S/C25H29Cl2F2N3O3/c1-14-11-25(23(34)35-24(2,3)4,12-16-10-17(22(30)33)20(29)21(27)31-16)8-9-32(14)13-15-6-5-7-18(26)19(15)28/h5-7,10,14H,8-9,11-13H2,1-4H3,(H2,30,33)/t14-,25-/m1/s1. The summed E-state index contributed by atoms with van der Waals surface area (Å²) in [6.45, 7) is 8.06. The number of nitrogens with zero attached hydrogens (tertiary/aromatic N) is 2. The maximum absolute atomic E-state index is 14.5. The van der Waals surface area contributed by atoms with E-state index in [0.29, 0.717) is 31.5 Å². The maximum atomic E-state index is 14.5. The zero-order valence-corrected chi connectivity index (χ0v) is 21.6. The molecule has 0 aliphatic carbocycles. The molecule has 1 fully saturated rings. The van der Waals surface area contributed by atoms with Crippen LogP contribution in [-0.4, -0.2) is 39.9 Å². The van der Waals surface area contributed by atoms with Crippen LogP contribution >= 0.6 is 23.2 Å². The second-order valence-corrected chi connectivity index (χ2v) is 10.8. The highest BCUT2D eigenvalue weighted by molar-refractivity contribution is 6.30. The molecule has 0 saturated carbocycles. The summed E-state index contributed by atoms with van der Waals surface area (Å²) in [6.07, 6.45) is 0.815. The van der Waals surface area contributed by atoms with E-state index < -0.39 is 39.7 Å². The lowest BCUT2D eigenvalue weighted by molar-refractivity contribution is -0.172. The van der Waals surface area contributed by atoms with Gasteiger partial charge in [0, 0.05) is 30.3 Å². The van der Waals surface area contributed by atoms with Crippen LogP contribution in [0.1, 0.15) is 62.2 Å². The van der Waals surface area contributed by atoms with E-state index >= 15 is 0 Å². The van der Waals surface area contributed by atoms with Gasteiger partial charge in [-0.2, -0.15) is 0 Å². The number of esters is 1. The van der Waals surface area contributed by atoms with E-state index in [1.807, 2.05) is 6.92 Å². The third-order valence-corrected chi connectivity index (χ3v) is 6.72. The summed E-state index contributed by atoms with van der Waals surface area (Å²) in [5.74, 6) is -2.87. The average Bonchev–Trinajstić information content (AvgIpc) is 2.74. The Kier molecular flexibility index (Phi) is 8.09. The minimum atomic E-state index is -1.01. The van der Waals surface area contributed by atoms with Crippen molar-refractivity contribution in [2.45, 2.75) is 65.1 Å². The molecule has 1 aliphatic heterocycles. The van der Waals surface area contributed by atoms with Crippen molar-refractivity contribution in [1.29, 1.82) is 0 Å². The van der Waals surface area contributed by atoms with Gasteiger partial charge in [0.2, 0.25) is 0 Å². The molecule has 0 radical (unpaired) electrons. The summed E-state index contributed by atoms with van der Waals surface area (Å²) < 4.78 is 34.5. The Bertz CT molecular complexity index is 1140. The molecular weight excluding hydrogens is 499 g/mol. The number of halogens is 4. The van der Waals surface area contributed by atoms with Crippen LogP contribution in [0, 0.1) is 17.0 Å². The molecule has 1 saturated heterocycles. The zero-order valence-electron chi connectivity index (χ0n) is 20.1. The normalized spacial score (nSPS) is 21.1. The first-order valence-corrected chi connectivity index (χ1v) is 12.0. The SMILES string of the molecule is C[C@@H]1C[C@](Cc2cc(C(N)=O)c(F)c(Cl)n2)(C(=O)OC(C)(C)C)CCN1Cc1cccc(Cl)c1F. The monoisotopic (exact) mass is 527 g/mol. The van der Waals surface area contributed by atoms with E-state index in [2.05, 4.69) is 9.88 Å². The number of benzene rings is 1. The summed E-state index contributed by atoms with van der Waals surface area (Å²) in [7, 11) is 0. The maximum Gasteiger partial charge on any atom is 0.313 e. The number of hydrogen-bond acceptors (Lipinski definition) is 5. The van der Waals surface area contributed by atoms with E-state index in [-0.39, 0.29) is 28.7 Å². The van der Waals surface area contributed by atoms with Crippen LogP contribution in [0.3, 0.4) is 0 Å². The average molecular weight is 528 g/mol. The van der Waals surface area contributed by atoms with Crippen molar-refractivity contribution in [1.82, 2.24) is 9.88 Å². The largest absolute Gasteiger partial charge is 0.460 e. The molecule has 2 atom stereocenters. The van der Waals surface area contributed by atoms with Gasteiger partial charge in [-0.25, -0.2) is 13.8 Å². The Hall–Kier alpha value is -2.29. The Morgan fingerprint density at radius 3 is 2.54 bits per heavy atom. The Morgan fingerprint density at radius 2 is 1.94 bits per heavy atom. The highest BCUT2D eigenvalue weighted by Crippen LogP contribution is 2.41. The summed E-state index contributed by atoms with van der Waals surface area (Å²) >= 11 is 11.9. The van der Waals surface area contributed by atoms with Crippen LogP contribution in [0.2, 0.25) is 10.2 Å². The molecule has 190 valence electrons. The van der Waals surface area contributed by atoms with Crippen molar-refractivity contribution in [2.75, 3.05) is 6.54 Å². The fraction of sp³-hybridized carbons (Fsp3) is 0.480. The number of pyridine rings is 1. The molecule has 6 nitrogen and oxygen atoms in total. The van der Waals surface area contributed by atoms with Crippen LogP contribution in [-0.2, 0) is 22.5 Å². The Morgan fingerprint density at radius 1 is 1.26 bits per heavy atom. The molecule has 1 aliphatic rings. The molecular formula is C25H29Cl2F2N3O3. The third-order valence-electron chi connectivity index (χ3n) is 6.18. The van der Waals surface area contributed by atoms with Gasteiger partial charge in [0.15, 0.2) is 11.0 Å². The first-order chi connectivity index (χ1) is 16.2. The molecule has 2 heterocycles. The first-order valence-electron chi connectivity index (χ1n) is 11.3. The molecule has 1 amide bonds. The highest BCUT2D eigenvalue weighted by atomic mass is 35.5. The van der Waals surface area contributed by atoms with Crippen LogP contribution < -0.4 is 5.73 Å². The quantitative estimate of drug-likeness (QED) is 0.405. The molecule has 3 rings (SSSR count). The second-order valence-electron chi connectivity index (χ2n) is 10.1. The molecule has 0 spiro atoms. The van der Waals surface area contributed by atoms with Crippen LogP contribution in [0.25, 0.3) is 0 Å². The molecule has 2 aromatic rings. The molecule has 2 N–H and O–H groups in total. The number of piperidine rings is 1. The highest BCUT2D eigenvalue weighted by Gasteiger charge is 2.47. The lowest BCUT2D eigenvalue weighted by Gasteiger charge is -2.45. The topological polar surface area (TPSA) is 85.5 Å². The van der Waals surface area contributed by atoms with Gasteiger partial charge in [-0.1, -0.05) is 35.3 Å². The van der Waals surface area contributed by atoms with Gasteiger partial charge in [-0.05, 0) is 59.2 Å². The number of rotatable bonds is 6. The zero-order chi connectivity index (χ0) is 26.1. The third kappa shape index (κ3) is 6.29. The predicted molar refractivity (Wildman–Crippen MR) is 130 cm³/mol. The van der Waals surface area contributed by atoms with Crippen LogP contribution in [0.4, 0.5) is 8.78 Å². The van der Waals surface area contributed by atoms with Crippen LogP contribution in [0.5, 0.6) is 0 Å². The van der Waals surface area contributed by atoms with Gasteiger partial charge in [0.1, 0.15) is 11.4 Å². The smallest absolute Gasteiger partial charge is 0.313 e. The van der Waals surface area contributed by atoms with Crippen molar-refractivity contribution in [3.8, 4) is 0 Å². The molecule has 10 heteroatoms. The number of primary amides is 1. The molecule has 1 aromatic heterocycles. The van der Waals surface area contributed by atoms with Gasteiger partial charge in [-0.15, -0.1) is 0 Å². The first kappa shape index (κ1) is 27.3. The van der Waals surface area contributed by atoms with Gasteiger partial charge < -0.3 is 10.5 Å². The van der Waals surface area contributed by atoms with Crippen molar-refractivity contribution in [3.05, 3.63) is 62.9 Å². The van der Waals surface area contributed by atoms with Crippen molar-refractivity contribution < 1.29 is 23.1 Å². The number of ether oxygens (including phenoxy) is 1. The second kappa shape index (κ2) is 10.4. The summed E-state index contributed by atoms with van der Waals surface area (Å²) in [5.41, 5.74) is 3.88. The molecule has 0 unspecified atom stereocenters. The number of amides is 1. The minimum absolute atomic E-state index is 0.0554. The van der Waals surface area contributed by atoms with E-state index in [0.717, 1.165) is 0 Å². The van der Waals surface area contributed by atoms with Gasteiger partial charge in [0.05, 0.1) is 16.0 Å². The van der Waals surface area contributed by atoms with Gasteiger partial charge in [0.25, 0.3) is 5.91 Å². The number of nitrogens with two attached hydrogens (primary N) is 1. The summed E-state index contributed by atoms with van der Waals surface area (Å²) in [6, 6.07) is 5.96. The van der Waals surface area contributed by atoms with E-state index in [1.165, 1.54) is 12.1 Å². The summed E-state index contributed by atoms with van der Waals surface area (Å²) in [4.78, 5) is 31.3. The fourth-order valence-corrected chi connectivity index (χ4v) is 4.87. The number of aromatic nitrogens is 1. The van der Waals surface area contributed by atoms with E-state index in [4.69, 9.17) is 33.7 Å². The number of likely N-dealkylation sites (tertiary alicyclic amines) is 1. The van der Waals surface area contributed by atoms with E-state index in [1.54, 1.807) is 32.9 Å². The minimum Gasteiger partial charge on any atom is -0.460 e. The number of hydrogen-bond donors (Lipinski definition) is 1. The predicted octanol–water partition coefficient (Wildman–Crippen LogP) is 5.32. The Balaban J connectivity index is 1.92. The Labute approximate surface area is 213 Å². The van der Waals surface area contributed by atoms with Crippen molar-refractivity contribution in [3.63, 3.8) is 0 Å². The van der Waals surface area contributed by atoms with Crippen LogP contribution in [0.15, 0.2) is 24.3 Å². The van der Waals surface area contributed by atoms with Crippen molar-refractivity contribution >= 4 is 35.1 Å². The van der Waals surface area contributed by atoms with Gasteiger partial charge in [-0.3, -0.25) is 14.5 Å². The fourth-order valence-electron chi connectivity index (χ4n) is 4.47. The molecule has 0 bridgehead atoms. The van der Waals surface area contributed by atoms with Crippen molar-refractivity contribution in [2.24, 2.45) is 11.1 Å². The molecule has 1 aromatic carbocycles.